The predicted octanol–water partition coefficient (Wildman–Crippen LogP) is 7.43. The minimum Gasteiger partial charge on any atom is -0.481 e. The zero-order valence-electron chi connectivity index (χ0n) is 21.5. The molecule has 196 valence electrons. The van der Waals surface area contributed by atoms with E-state index in [0.717, 1.165) is 43.7 Å². The highest BCUT2D eigenvalue weighted by Gasteiger charge is 2.25. The highest BCUT2D eigenvalue weighted by molar-refractivity contribution is 6.01. The van der Waals surface area contributed by atoms with Crippen LogP contribution >= 0.6 is 0 Å². The first-order valence-electron chi connectivity index (χ1n) is 12.7. The molecular formula is C31H31F2N3O2. The molecule has 0 aromatic heterocycles. The summed E-state index contributed by atoms with van der Waals surface area (Å²) in [5, 5.41) is 18.8. The smallest absolute Gasteiger partial charge is 0.303 e. The molecule has 3 N–H and O–H groups in total. The number of carboxylic acids is 1. The first kappa shape index (κ1) is 27.0. The van der Waals surface area contributed by atoms with Gasteiger partial charge in [0, 0.05) is 24.5 Å². The quantitative estimate of drug-likeness (QED) is 0.252. The molecule has 3 aromatic carbocycles. The Labute approximate surface area is 221 Å². The molecule has 0 amide bonds. The number of carboxylic acid groups (broad SMARTS) is 1. The van der Waals surface area contributed by atoms with Gasteiger partial charge in [-0.15, -0.1) is 0 Å². The lowest BCUT2D eigenvalue weighted by Gasteiger charge is -2.28. The summed E-state index contributed by atoms with van der Waals surface area (Å²) in [6, 6.07) is 20.2. The summed E-state index contributed by atoms with van der Waals surface area (Å²) >= 11 is 0. The van der Waals surface area contributed by atoms with Crippen LogP contribution in [0.3, 0.4) is 0 Å². The molecule has 1 saturated carbocycles. The van der Waals surface area contributed by atoms with Gasteiger partial charge in [-0.25, -0.2) is 13.8 Å². The van der Waals surface area contributed by atoms with E-state index in [2.05, 4.69) is 23.2 Å². The van der Waals surface area contributed by atoms with Crippen molar-refractivity contribution in [2.45, 2.75) is 57.8 Å². The number of rotatable bonds is 7. The van der Waals surface area contributed by atoms with E-state index in [0.29, 0.717) is 28.3 Å². The van der Waals surface area contributed by atoms with Gasteiger partial charge in [0.25, 0.3) is 5.92 Å². The summed E-state index contributed by atoms with van der Waals surface area (Å²) in [5.74, 6) is -2.82. The van der Waals surface area contributed by atoms with Gasteiger partial charge < -0.3 is 10.8 Å². The summed E-state index contributed by atoms with van der Waals surface area (Å²) in [4.78, 5) is 15.4. The number of benzene rings is 3. The molecule has 0 spiro atoms. The number of nitrogens with zero attached hydrogens (tertiary/aromatic N) is 2. The monoisotopic (exact) mass is 515 g/mol. The van der Waals surface area contributed by atoms with Crippen molar-refractivity contribution in [3.05, 3.63) is 88.5 Å². The fraction of sp³-hybridized carbons (Fsp3) is 0.323. The van der Waals surface area contributed by atoms with Crippen LogP contribution in [0.1, 0.15) is 72.8 Å². The van der Waals surface area contributed by atoms with Crippen molar-refractivity contribution in [1.82, 2.24) is 0 Å². The lowest BCUT2D eigenvalue weighted by atomic mass is 9.77. The van der Waals surface area contributed by atoms with Gasteiger partial charge in [-0.2, -0.15) is 5.26 Å². The van der Waals surface area contributed by atoms with Crippen LogP contribution in [-0.2, 0) is 10.7 Å². The molecule has 1 aliphatic carbocycles. The summed E-state index contributed by atoms with van der Waals surface area (Å²) in [5.41, 5.74) is 11.1. The van der Waals surface area contributed by atoms with Crippen LogP contribution in [0.15, 0.2) is 65.7 Å². The topological polar surface area (TPSA) is 99.5 Å². The van der Waals surface area contributed by atoms with Crippen molar-refractivity contribution in [2.75, 3.05) is 0 Å². The van der Waals surface area contributed by atoms with E-state index < -0.39 is 11.9 Å². The van der Waals surface area contributed by atoms with Gasteiger partial charge in [0.15, 0.2) is 0 Å². The zero-order chi connectivity index (χ0) is 27.4. The highest BCUT2D eigenvalue weighted by atomic mass is 19.3. The maximum absolute atomic E-state index is 13.6. The molecule has 0 radical (unpaired) electrons. The fourth-order valence-electron chi connectivity index (χ4n) is 5.18. The van der Waals surface area contributed by atoms with Crippen LogP contribution in [0.2, 0.25) is 0 Å². The largest absolute Gasteiger partial charge is 0.481 e. The Hall–Kier alpha value is -4.05. The molecular weight excluding hydrogens is 484 g/mol. The van der Waals surface area contributed by atoms with E-state index in [-0.39, 0.29) is 23.7 Å². The Morgan fingerprint density at radius 1 is 1.05 bits per heavy atom. The van der Waals surface area contributed by atoms with Gasteiger partial charge in [0.1, 0.15) is 5.84 Å². The molecule has 4 rings (SSSR count). The van der Waals surface area contributed by atoms with Crippen molar-refractivity contribution in [3.63, 3.8) is 0 Å². The molecule has 0 atom stereocenters. The molecule has 0 heterocycles. The van der Waals surface area contributed by atoms with Crippen molar-refractivity contribution in [3.8, 4) is 17.2 Å². The van der Waals surface area contributed by atoms with Crippen LogP contribution in [0.5, 0.6) is 0 Å². The first-order valence-corrected chi connectivity index (χ1v) is 12.7. The second-order valence-corrected chi connectivity index (χ2v) is 10.2. The number of amidine groups is 1. The van der Waals surface area contributed by atoms with E-state index in [1.165, 1.54) is 23.8 Å². The first-order chi connectivity index (χ1) is 18.0. The average Bonchev–Trinajstić information content (AvgIpc) is 2.89. The van der Waals surface area contributed by atoms with Crippen LogP contribution in [-0.4, -0.2) is 16.9 Å². The van der Waals surface area contributed by atoms with Crippen LogP contribution < -0.4 is 5.73 Å². The number of aliphatic carboxylic acids is 1. The number of carbonyl (C=O) groups is 1. The molecule has 0 unspecified atom stereocenters. The fourth-order valence-corrected chi connectivity index (χ4v) is 5.18. The van der Waals surface area contributed by atoms with Gasteiger partial charge in [0.05, 0.1) is 17.3 Å². The normalized spacial score (nSPS) is 18.1. The van der Waals surface area contributed by atoms with Gasteiger partial charge in [0.2, 0.25) is 0 Å². The Bertz CT molecular complexity index is 1390. The van der Waals surface area contributed by atoms with Gasteiger partial charge in [-0.05, 0) is 91.0 Å². The molecule has 0 bridgehead atoms. The zero-order valence-corrected chi connectivity index (χ0v) is 21.5. The van der Waals surface area contributed by atoms with Crippen molar-refractivity contribution in [2.24, 2.45) is 16.6 Å². The summed E-state index contributed by atoms with van der Waals surface area (Å²) in [6.45, 7) is 2.55. The Morgan fingerprint density at radius 2 is 1.71 bits per heavy atom. The van der Waals surface area contributed by atoms with Gasteiger partial charge >= 0.3 is 5.97 Å². The Kier molecular flexibility index (Phi) is 7.91. The predicted molar refractivity (Wildman–Crippen MR) is 145 cm³/mol. The van der Waals surface area contributed by atoms with E-state index in [4.69, 9.17) is 10.8 Å². The molecule has 5 nitrogen and oxygen atoms in total. The number of halogens is 2. The molecule has 7 heteroatoms. The SMILES string of the molecule is Cc1cc(C(C)(F)F)ccc1N=C(N)c1ccc(-c2ccc(C3CCC(CC(=O)O)CC3)cc2)cc1C#N. The number of aliphatic imine (C=N–C) groups is 1. The minimum atomic E-state index is -2.94. The third-order valence-corrected chi connectivity index (χ3v) is 7.39. The molecule has 1 aliphatic rings. The second kappa shape index (κ2) is 11.1. The molecule has 3 aromatic rings. The van der Waals surface area contributed by atoms with E-state index >= 15 is 0 Å². The number of nitriles is 1. The number of hydrogen-bond donors (Lipinski definition) is 2. The van der Waals surface area contributed by atoms with Crippen LogP contribution in [0, 0.1) is 24.2 Å². The van der Waals surface area contributed by atoms with E-state index in [9.17, 15) is 18.8 Å². The van der Waals surface area contributed by atoms with E-state index in [1.807, 2.05) is 18.2 Å². The van der Waals surface area contributed by atoms with Crippen molar-refractivity contribution in [1.29, 1.82) is 5.26 Å². The molecule has 1 fully saturated rings. The molecule has 38 heavy (non-hydrogen) atoms. The van der Waals surface area contributed by atoms with Crippen molar-refractivity contribution >= 4 is 17.5 Å². The van der Waals surface area contributed by atoms with Crippen LogP contribution in [0.25, 0.3) is 11.1 Å². The number of hydrogen-bond acceptors (Lipinski definition) is 3. The number of nitrogens with two attached hydrogens (primary N) is 1. The highest BCUT2D eigenvalue weighted by Crippen LogP contribution is 2.38. The summed E-state index contributed by atoms with van der Waals surface area (Å²) in [6.07, 6.45) is 4.10. The van der Waals surface area contributed by atoms with Gasteiger partial charge in [-0.3, -0.25) is 4.79 Å². The lowest BCUT2D eigenvalue weighted by Crippen LogP contribution is -2.16. The molecule has 0 saturated heterocycles. The minimum absolute atomic E-state index is 0.0912. The number of aryl methyl sites for hydroxylation is 1. The third-order valence-electron chi connectivity index (χ3n) is 7.39. The number of alkyl halides is 2. The Morgan fingerprint density at radius 3 is 2.29 bits per heavy atom. The van der Waals surface area contributed by atoms with Crippen LogP contribution in [0.4, 0.5) is 14.5 Å². The third kappa shape index (κ3) is 6.25. The summed E-state index contributed by atoms with van der Waals surface area (Å²) < 4.78 is 27.2. The maximum atomic E-state index is 13.6. The lowest BCUT2D eigenvalue weighted by molar-refractivity contribution is -0.138. The second-order valence-electron chi connectivity index (χ2n) is 10.2. The average molecular weight is 516 g/mol. The molecule has 0 aliphatic heterocycles. The summed E-state index contributed by atoms with van der Waals surface area (Å²) in [7, 11) is 0. The van der Waals surface area contributed by atoms with E-state index in [1.54, 1.807) is 19.1 Å². The van der Waals surface area contributed by atoms with Crippen molar-refractivity contribution < 1.29 is 18.7 Å². The maximum Gasteiger partial charge on any atom is 0.303 e. The van der Waals surface area contributed by atoms with Gasteiger partial charge in [-0.1, -0.05) is 36.4 Å². The Balaban J connectivity index is 1.51. The standard InChI is InChI=1S/C31H31F2N3O2/c1-19-15-26(31(2,32)33)12-14-28(19)36-30(35)27-13-11-24(17-25(27)18-34)23-9-7-22(8-10-23)21-5-3-20(4-6-21)16-29(37)38/h7-15,17,20-21H,3-6,16H2,1-2H3,(H2,35,36)(H,37,38).